The zero-order valence-electron chi connectivity index (χ0n) is 22.5. The molecule has 1 N–H and O–H groups in total. The molecule has 2 aliphatic heterocycles. The number of piperidine rings is 1. The van der Waals surface area contributed by atoms with Gasteiger partial charge in [0.2, 0.25) is 5.91 Å². The normalized spacial score (nSPS) is 18.1. The number of halogens is 2. The molecule has 13 heteroatoms. The average Bonchev–Trinajstić information content (AvgIpc) is 3.62. The van der Waals surface area contributed by atoms with Crippen LogP contribution in [-0.2, 0) is 17.9 Å². The van der Waals surface area contributed by atoms with Crippen LogP contribution in [0.1, 0.15) is 37.3 Å². The van der Waals surface area contributed by atoms with Gasteiger partial charge in [-0.05, 0) is 56.1 Å². The Hall–Kier alpha value is -3.97. The fourth-order valence-corrected chi connectivity index (χ4v) is 5.52. The first-order valence-corrected chi connectivity index (χ1v) is 13.8. The molecule has 1 atom stereocenters. The van der Waals surface area contributed by atoms with Crippen molar-refractivity contribution in [1.82, 2.24) is 38.9 Å². The molecule has 0 unspecified atom stereocenters. The average molecular weight is 567 g/mol. The van der Waals surface area contributed by atoms with Gasteiger partial charge < -0.3 is 10.0 Å². The fourth-order valence-electron chi connectivity index (χ4n) is 5.52. The number of fused-ring (bicyclic) bond motifs is 1. The molecule has 2 aliphatic rings. The van der Waals surface area contributed by atoms with Crippen LogP contribution in [0.5, 0.6) is 0 Å². The number of aromatic nitrogens is 6. The number of carbonyl (C=O) groups excluding carboxylic acids is 1. The van der Waals surface area contributed by atoms with E-state index >= 15 is 0 Å². The van der Waals surface area contributed by atoms with E-state index in [9.17, 15) is 23.5 Å². The SMILES string of the molecule is O=C(C[C@H](C(F)F)n1cccn1)N1CCC(O)(Cn2cnc3c(cnn3-c3ccc(CN4CCC4)cc3)c2=O)CC1. The summed E-state index contributed by atoms with van der Waals surface area (Å²) in [7, 11) is 0. The molecular weight excluding hydrogens is 534 g/mol. The largest absolute Gasteiger partial charge is 0.388 e. The maximum absolute atomic E-state index is 13.6. The van der Waals surface area contributed by atoms with E-state index in [1.54, 1.807) is 4.68 Å². The van der Waals surface area contributed by atoms with Gasteiger partial charge in [0.25, 0.3) is 12.0 Å². The summed E-state index contributed by atoms with van der Waals surface area (Å²) >= 11 is 0. The van der Waals surface area contributed by atoms with Gasteiger partial charge in [-0.1, -0.05) is 12.1 Å². The number of likely N-dealkylation sites (tertiary alicyclic amines) is 2. The molecule has 216 valence electrons. The second-order valence-corrected chi connectivity index (χ2v) is 11.0. The molecule has 2 saturated heterocycles. The van der Waals surface area contributed by atoms with Crippen LogP contribution < -0.4 is 5.56 Å². The number of aliphatic hydroxyl groups is 1. The Morgan fingerprint density at radius 3 is 2.46 bits per heavy atom. The minimum atomic E-state index is -2.74. The molecule has 41 heavy (non-hydrogen) atoms. The molecule has 6 rings (SSSR count). The summed E-state index contributed by atoms with van der Waals surface area (Å²) < 4.78 is 31.2. The first kappa shape index (κ1) is 27.2. The monoisotopic (exact) mass is 566 g/mol. The molecule has 11 nitrogen and oxygen atoms in total. The Labute approximate surface area is 234 Å². The third-order valence-corrected chi connectivity index (χ3v) is 8.14. The number of benzene rings is 1. The van der Waals surface area contributed by atoms with Gasteiger partial charge in [0, 0.05) is 32.0 Å². The van der Waals surface area contributed by atoms with Crippen molar-refractivity contribution in [2.75, 3.05) is 26.2 Å². The number of alkyl halides is 2. The Kier molecular flexibility index (Phi) is 7.39. The summed E-state index contributed by atoms with van der Waals surface area (Å²) in [6.07, 6.45) is 4.22. The lowest BCUT2D eigenvalue weighted by Gasteiger charge is -2.38. The highest BCUT2D eigenvalue weighted by Crippen LogP contribution is 2.27. The molecule has 0 radical (unpaired) electrons. The van der Waals surface area contributed by atoms with E-state index in [0.29, 0.717) is 11.0 Å². The van der Waals surface area contributed by atoms with Gasteiger partial charge in [-0.3, -0.25) is 23.7 Å². The summed E-state index contributed by atoms with van der Waals surface area (Å²) in [5, 5.41) is 19.8. The van der Waals surface area contributed by atoms with Gasteiger partial charge in [-0.25, -0.2) is 18.4 Å². The predicted octanol–water partition coefficient (Wildman–Crippen LogP) is 2.23. The topological polar surface area (TPSA) is 114 Å². The van der Waals surface area contributed by atoms with Crippen molar-refractivity contribution in [3.05, 3.63) is 71.2 Å². The number of rotatable bonds is 9. The van der Waals surface area contributed by atoms with E-state index < -0.39 is 24.0 Å². The molecule has 0 spiro atoms. The van der Waals surface area contributed by atoms with Crippen molar-refractivity contribution in [3.8, 4) is 5.69 Å². The third kappa shape index (κ3) is 5.64. The van der Waals surface area contributed by atoms with E-state index in [-0.39, 0.29) is 44.5 Å². The Balaban J connectivity index is 1.10. The van der Waals surface area contributed by atoms with Gasteiger partial charge in [-0.2, -0.15) is 10.2 Å². The number of hydrogen-bond donors (Lipinski definition) is 1. The van der Waals surface area contributed by atoms with Crippen molar-refractivity contribution >= 4 is 16.9 Å². The maximum Gasteiger partial charge on any atom is 0.264 e. The van der Waals surface area contributed by atoms with Crippen molar-refractivity contribution in [2.45, 2.75) is 56.8 Å². The Bertz CT molecular complexity index is 1560. The zero-order chi connectivity index (χ0) is 28.6. The first-order chi connectivity index (χ1) is 19.8. The molecule has 0 bridgehead atoms. The van der Waals surface area contributed by atoms with E-state index in [0.717, 1.165) is 30.0 Å². The van der Waals surface area contributed by atoms with Crippen LogP contribution in [0.3, 0.4) is 0 Å². The van der Waals surface area contributed by atoms with Crippen molar-refractivity contribution in [2.24, 2.45) is 0 Å². The van der Waals surface area contributed by atoms with E-state index in [1.165, 1.54) is 52.4 Å². The number of nitrogens with zero attached hydrogens (tertiary/aromatic N) is 8. The predicted molar refractivity (Wildman–Crippen MR) is 146 cm³/mol. The summed E-state index contributed by atoms with van der Waals surface area (Å²) in [6.45, 7) is 3.56. The highest BCUT2D eigenvalue weighted by atomic mass is 19.3. The summed E-state index contributed by atoms with van der Waals surface area (Å²) in [4.78, 5) is 34.4. The number of amides is 1. The maximum atomic E-state index is 13.6. The summed E-state index contributed by atoms with van der Waals surface area (Å²) in [5.74, 6) is -0.422. The van der Waals surface area contributed by atoms with Crippen LogP contribution in [0.2, 0.25) is 0 Å². The third-order valence-electron chi connectivity index (χ3n) is 8.14. The zero-order valence-corrected chi connectivity index (χ0v) is 22.5. The van der Waals surface area contributed by atoms with Crippen molar-refractivity contribution in [3.63, 3.8) is 0 Å². The van der Waals surface area contributed by atoms with E-state index in [1.807, 2.05) is 12.1 Å². The molecule has 1 aromatic carbocycles. The molecule has 1 amide bonds. The molecule has 0 aliphatic carbocycles. The molecule has 5 heterocycles. The van der Waals surface area contributed by atoms with Crippen molar-refractivity contribution < 1.29 is 18.7 Å². The fraction of sp³-hybridized carbons (Fsp3) is 0.464. The minimum Gasteiger partial charge on any atom is -0.388 e. The van der Waals surface area contributed by atoms with Gasteiger partial charge in [0.05, 0.1) is 30.5 Å². The highest BCUT2D eigenvalue weighted by Gasteiger charge is 2.36. The summed E-state index contributed by atoms with van der Waals surface area (Å²) in [6, 6.07) is 8.22. The van der Waals surface area contributed by atoms with Crippen molar-refractivity contribution in [1.29, 1.82) is 0 Å². The standard InChI is InChI=1S/C28H32F2N8O3/c29-25(30)23(37-12-1-9-32-37)15-24(39)35-13-7-28(41,8-14-35)18-36-19-31-26-22(27(36)40)16-33-38(26)21-5-3-20(4-6-21)17-34-10-2-11-34/h1,3-6,9,12,16,19,23,25,41H,2,7-8,10-11,13-15,17-18H2/t23-/m1/s1. The van der Waals surface area contributed by atoms with Crippen LogP contribution in [0, 0.1) is 0 Å². The molecule has 0 saturated carbocycles. The van der Waals surface area contributed by atoms with Crippen LogP contribution >= 0.6 is 0 Å². The van der Waals surface area contributed by atoms with Gasteiger partial charge in [0.15, 0.2) is 5.65 Å². The van der Waals surface area contributed by atoms with Crippen LogP contribution in [0.4, 0.5) is 8.78 Å². The number of hydrogen-bond acceptors (Lipinski definition) is 7. The van der Waals surface area contributed by atoms with E-state index in [4.69, 9.17) is 0 Å². The molecule has 2 fully saturated rings. The van der Waals surface area contributed by atoms with Gasteiger partial charge in [0.1, 0.15) is 17.8 Å². The lowest BCUT2D eigenvalue weighted by molar-refractivity contribution is -0.138. The molecule has 4 aromatic rings. The molecular formula is C28H32F2N8O3. The first-order valence-electron chi connectivity index (χ1n) is 13.8. The van der Waals surface area contributed by atoms with Crippen LogP contribution in [0.25, 0.3) is 16.7 Å². The minimum absolute atomic E-state index is 0.000126. The smallest absolute Gasteiger partial charge is 0.264 e. The second kappa shape index (κ2) is 11.1. The number of carbonyl (C=O) groups is 1. The quantitative estimate of drug-likeness (QED) is 0.331. The molecule has 3 aromatic heterocycles. The van der Waals surface area contributed by atoms with Gasteiger partial charge >= 0.3 is 0 Å². The van der Waals surface area contributed by atoms with E-state index in [2.05, 4.69) is 32.2 Å². The summed E-state index contributed by atoms with van der Waals surface area (Å²) in [5.41, 5.74) is 0.881. The lowest BCUT2D eigenvalue weighted by atomic mass is 9.91. The lowest BCUT2D eigenvalue weighted by Crippen LogP contribution is -2.50. The van der Waals surface area contributed by atoms with Gasteiger partial charge in [-0.15, -0.1) is 0 Å². The Morgan fingerprint density at radius 1 is 1.07 bits per heavy atom. The van der Waals surface area contributed by atoms with Crippen LogP contribution in [-0.4, -0.2) is 88.1 Å². The Morgan fingerprint density at radius 2 is 1.83 bits per heavy atom. The van der Waals surface area contributed by atoms with Crippen LogP contribution in [0.15, 0.2) is 60.0 Å². The highest BCUT2D eigenvalue weighted by molar-refractivity contribution is 5.77. The second-order valence-electron chi connectivity index (χ2n) is 11.0.